The van der Waals surface area contributed by atoms with Crippen LogP contribution in [0.5, 0.6) is 11.5 Å². The molecule has 0 saturated heterocycles. The number of hydrogen-bond donors (Lipinski definition) is 0. The molecule has 0 aromatic heterocycles. The van der Waals surface area contributed by atoms with Gasteiger partial charge < -0.3 is 14.2 Å². The van der Waals surface area contributed by atoms with Crippen molar-refractivity contribution in [3.8, 4) is 11.5 Å². The van der Waals surface area contributed by atoms with Gasteiger partial charge in [-0.3, -0.25) is 0 Å². The zero-order valence-corrected chi connectivity index (χ0v) is 12.7. The molecule has 5 heteroatoms. The highest BCUT2D eigenvalue weighted by Gasteiger charge is 2.11. The topological polar surface area (TPSA) is 44.8 Å². The molecular formula is C13H17IO4. The molecule has 0 heterocycles. The number of rotatable bonds is 7. The smallest absolute Gasteiger partial charge is 0.338 e. The van der Waals surface area contributed by atoms with Gasteiger partial charge in [-0.1, -0.05) is 22.6 Å². The zero-order valence-electron chi connectivity index (χ0n) is 10.6. The molecule has 0 N–H and O–H groups in total. The fourth-order valence-electron chi connectivity index (χ4n) is 1.41. The first kappa shape index (κ1) is 15.1. The zero-order chi connectivity index (χ0) is 13.4. The molecule has 0 fully saturated rings. The third kappa shape index (κ3) is 4.36. The second-order valence-corrected chi connectivity index (χ2v) is 4.68. The summed E-state index contributed by atoms with van der Waals surface area (Å²) in [6, 6.07) is 4.99. The van der Waals surface area contributed by atoms with Gasteiger partial charge in [-0.2, -0.15) is 0 Å². The Labute approximate surface area is 121 Å². The van der Waals surface area contributed by atoms with Crippen LogP contribution < -0.4 is 9.47 Å². The maximum Gasteiger partial charge on any atom is 0.338 e. The number of unbranched alkanes of at least 4 members (excludes halogenated alkanes) is 1. The summed E-state index contributed by atoms with van der Waals surface area (Å²) in [6.45, 7) is 0.455. The summed E-state index contributed by atoms with van der Waals surface area (Å²) in [7, 11) is 3.09. The standard InChI is InChI=1S/C13H17IO4/c1-16-11-6-5-10(9-12(11)17-2)13(15)18-8-4-3-7-14/h5-6,9H,3-4,7-8H2,1-2H3. The quantitative estimate of drug-likeness (QED) is 0.323. The van der Waals surface area contributed by atoms with Crippen molar-refractivity contribution in [1.29, 1.82) is 0 Å². The Morgan fingerprint density at radius 1 is 1.17 bits per heavy atom. The van der Waals surface area contributed by atoms with Crippen LogP contribution in [0.15, 0.2) is 18.2 Å². The number of benzene rings is 1. The Kier molecular flexibility index (Phi) is 6.85. The number of ether oxygens (including phenoxy) is 3. The Bertz CT molecular complexity index is 393. The molecule has 4 nitrogen and oxygen atoms in total. The van der Waals surface area contributed by atoms with Crippen molar-refractivity contribution in [3.63, 3.8) is 0 Å². The van der Waals surface area contributed by atoms with E-state index in [1.165, 1.54) is 7.11 Å². The van der Waals surface area contributed by atoms with Gasteiger partial charge in [0.15, 0.2) is 11.5 Å². The van der Waals surface area contributed by atoms with Gasteiger partial charge in [0, 0.05) is 0 Å². The van der Waals surface area contributed by atoms with Crippen molar-refractivity contribution < 1.29 is 19.0 Å². The van der Waals surface area contributed by atoms with E-state index in [4.69, 9.17) is 14.2 Å². The van der Waals surface area contributed by atoms with Crippen molar-refractivity contribution in [1.82, 2.24) is 0 Å². The molecule has 0 amide bonds. The van der Waals surface area contributed by atoms with E-state index < -0.39 is 0 Å². The number of alkyl halides is 1. The van der Waals surface area contributed by atoms with Gasteiger partial charge in [0.2, 0.25) is 0 Å². The van der Waals surface area contributed by atoms with Crippen LogP contribution in [0.4, 0.5) is 0 Å². The second kappa shape index (κ2) is 8.18. The van der Waals surface area contributed by atoms with E-state index in [1.54, 1.807) is 25.3 Å². The lowest BCUT2D eigenvalue weighted by Gasteiger charge is -2.09. The monoisotopic (exact) mass is 364 g/mol. The van der Waals surface area contributed by atoms with Crippen molar-refractivity contribution in [2.24, 2.45) is 0 Å². The Morgan fingerprint density at radius 2 is 1.89 bits per heavy atom. The molecule has 1 aromatic carbocycles. The van der Waals surface area contributed by atoms with E-state index in [1.807, 2.05) is 0 Å². The molecule has 1 aromatic rings. The summed E-state index contributed by atoms with van der Waals surface area (Å²) in [6.07, 6.45) is 1.95. The molecule has 0 saturated carbocycles. The lowest BCUT2D eigenvalue weighted by molar-refractivity contribution is 0.0499. The van der Waals surface area contributed by atoms with Gasteiger partial charge in [-0.05, 0) is 35.5 Å². The van der Waals surface area contributed by atoms with Crippen molar-refractivity contribution in [2.75, 3.05) is 25.3 Å². The van der Waals surface area contributed by atoms with Gasteiger partial charge in [0.1, 0.15) is 0 Å². The first-order valence-corrected chi connectivity index (χ1v) is 7.20. The number of carbonyl (C=O) groups excluding carboxylic acids is 1. The minimum absolute atomic E-state index is 0.329. The lowest BCUT2D eigenvalue weighted by Crippen LogP contribution is -2.07. The molecule has 0 atom stereocenters. The summed E-state index contributed by atoms with van der Waals surface area (Å²) >= 11 is 2.30. The molecule has 0 aliphatic heterocycles. The summed E-state index contributed by atoms with van der Waals surface area (Å²) in [5.41, 5.74) is 0.474. The Hall–Kier alpha value is -0.980. The summed E-state index contributed by atoms with van der Waals surface area (Å²) in [4.78, 5) is 11.8. The van der Waals surface area contributed by atoms with Crippen LogP contribution in [0.1, 0.15) is 23.2 Å². The molecule has 0 spiro atoms. The van der Waals surface area contributed by atoms with Gasteiger partial charge in [-0.15, -0.1) is 0 Å². The summed E-state index contributed by atoms with van der Waals surface area (Å²) < 4.78 is 16.5. The molecule has 1 rings (SSSR count). The van der Waals surface area contributed by atoms with E-state index in [9.17, 15) is 4.79 Å². The Morgan fingerprint density at radius 3 is 2.50 bits per heavy atom. The number of hydrogen-bond acceptors (Lipinski definition) is 4. The van der Waals surface area contributed by atoms with Gasteiger partial charge >= 0.3 is 5.97 Å². The van der Waals surface area contributed by atoms with Crippen LogP contribution >= 0.6 is 22.6 Å². The fourth-order valence-corrected chi connectivity index (χ4v) is 1.95. The highest BCUT2D eigenvalue weighted by Crippen LogP contribution is 2.27. The predicted octanol–water partition coefficient (Wildman–Crippen LogP) is 3.08. The van der Waals surface area contributed by atoms with E-state index in [-0.39, 0.29) is 5.97 Å². The highest BCUT2D eigenvalue weighted by atomic mass is 127. The van der Waals surface area contributed by atoms with Crippen molar-refractivity contribution in [3.05, 3.63) is 23.8 Å². The highest BCUT2D eigenvalue weighted by molar-refractivity contribution is 14.1. The molecule has 0 aliphatic carbocycles. The number of carbonyl (C=O) groups is 1. The average molecular weight is 364 g/mol. The van der Waals surface area contributed by atoms with Crippen molar-refractivity contribution >= 4 is 28.6 Å². The molecule has 0 unspecified atom stereocenters. The third-order valence-electron chi connectivity index (χ3n) is 2.38. The molecule has 0 bridgehead atoms. The SMILES string of the molecule is COc1ccc(C(=O)OCCCCI)cc1OC. The summed E-state index contributed by atoms with van der Waals surface area (Å²) in [5.74, 6) is 0.794. The van der Waals surface area contributed by atoms with Gasteiger partial charge in [0.25, 0.3) is 0 Å². The van der Waals surface area contributed by atoms with Crippen molar-refractivity contribution in [2.45, 2.75) is 12.8 Å². The number of halogens is 1. The van der Waals surface area contributed by atoms with Crippen LogP contribution in [0.3, 0.4) is 0 Å². The maximum absolute atomic E-state index is 11.8. The Balaban J connectivity index is 2.62. The predicted molar refractivity (Wildman–Crippen MR) is 77.9 cm³/mol. The molecule has 0 radical (unpaired) electrons. The molecule has 100 valence electrons. The minimum Gasteiger partial charge on any atom is -0.493 e. The van der Waals surface area contributed by atoms with Crippen LogP contribution in [0, 0.1) is 0 Å². The summed E-state index contributed by atoms with van der Waals surface area (Å²) in [5, 5.41) is 0. The van der Waals surface area contributed by atoms with Gasteiger partial charge in [0.05, 0.1) is 26.4 Å². The second-order valence-electron chi connectivity index (χ2n) is 3.60. The number of esters is 1. The van der Waals surface area contributed by atoms with E-state index >= 15 is 0 Å². The van der Waals surface area contributed by atoms with Crippen LogP contribution in [0.25, 0.3) is 0 Å². The first-order valence-electron chi connectivity index (χ1n) is 5.68. The van der Waals surface area contributed by atoms with E-state index in [0.717, 1.165) is 17.3 Å². The first-order chi connectivity index (χ1) is 8.72. The molecular weight excluding hydrogens is 347 g/mol. The average Bonchev–Trinajstić information content (AvgIpc) is 2.42. The van der Waals surface area contributed by atoms with Crippen LogP contribution in [0.2, 0.25) is 0 Å². The van der Waals surface area contributed by atoms with E-state index in [2.05, 4.69) is 22.6 Å². The maximum atomic E-state index is 11.8. The van der Waals surface area contributed by atoms with Crippen LogP contribution in [-0.2, 0) is 4.74 Å². The van der Waals surface area contributed by atoms with Gasteiger partial charge in [-0.25, -0.2) is 4.79 Å². The lowest BCUT2D eigenvalue weighted by atomic mass is 10.2. The van der Waals surface area contributed by atoms with Crippen LogP contribution in [-0.4, -0.2) is 31.2 Å². The van der Waals surface area contributed by atoms with E-state index in [0.29, 0.717) is 23.7 Å². The minimum atomic E-state index is -0.329. The normalized spacial score (nSPS) is 9.94. The molecule has 0 aliphatic rings. The fraction of sp³-hybridized carbons (Fsp3) is 0.462. The third-order valence-corrected chi connectivity index (χ3v) is 3.14. The largest absolute Gasteiger partial charge is 0.493 e. The number of methoxy groups -OCH3 is 2. The molecule has 18 heavy (non-hydrogen) atoms.